The number of aliphatic imine (C=N–C) groups is 1. The molecule has 5 N–H and O–H groups in total. The molecular weight excluding hydrogens is 372 g/mol. The number of fused-ring (bicyclic) bond motifs is 1. The van der Waals surface area contributed by atoms with Crippen molar-refractivity contribution >= 4 is 17.1 Å². The first kappa shape index (κ1) is 21.6. The molecule has 160 valence electrons. The molecule has 6 nitrogen and oxygen atoms in total. The maximum Gasteiger partial charge on any atom is 0.0918 e. The fourth-order valence-electron chi connectivity index (χ4n) is 3.76. The van der Waals surface area contributed by atoms with Crippen LogP contribution in [0.4, 0.5) is 0 Å². The van der Waals surface area contributed by atoms with Crippen LogP contribution in [0.3, 0.4) is 0 Å². The Morgan fingerprint density at radius 2 is 2.20 bits per heavy atom. The lowest BCUT2D eigenvalue weighted by Gasteiger charge is -2.36. The summed E-state index contributed by atoms with van der Waals surface area (Å²) >= 11 is 0. The van der Waals surface area contributed by atoms with Crippen LogP contribution in [-0.4, -0.2) is 41.8 Å². The van der Waals surface area contributed by atoms with Crippen LogP contribution in [0.25, 0.3) is 10.9 Å². The van der Waals surface area contributed by atoms with Crippen molar-refractivity contribution in [2.75, 3.05) is 19.6 Å². The van der Waals surface area contributed by atoms with Gasteiger partial charge in [0.05, 0.1) is 23.8 Å². The maximum absolute atomic E-state index is 6.16. The van der Waals surface area contributed by atoms with Crippen molar-refractivity contribution in [1.29, 1.82) is 0 Å². The van der Waals surface area contributed by atoms with Gasteiger partial charge in [-0.05, 0) is 56.4 Å². The van der Waals surface area contributed by atoms with Crippen LogP contribution in [0.5, 0.6) is 0 Å². The fourth-order valence-corrected chi connectivity index (χ4v) is 3.76. The number of aryl methyl sites for hydroxylation is 1. The number of nitrogens with one attached hydrogen (secondary N) is 3. The van der Waals surface area contributed by atoms with Crippen LogP contribution in [0, 0.1) is 6.92 Å². The molecule has 2 heterocycles. The minimum Gasteiger partial charge on any atom is -0.397 e. The Balaban J connectivity index is 1.50. The number of H-pyrrole nitrogens is 1. The van der Waals surface area contributed by atoms with Gasteiger partial charge in [-0.25, -0.2) is 0 Å². The number of likely N-dealkylation sites (tertiary alicyclic amines) is 1. The van der Waals surface area contributed by atoms with Crippen molar-refractivity contribution in [1.82, 2.24) is 20.5 Å². The fraction of sp³-hybridized carbons (Fsp3) is 0.375. The molecule has 3 rings (SSSR count). The summed E-state index contributed by atoms with van der Waals surface area (Å²) in [6.45, 7) is 15.7. The van der Waals surface area contributed by atoms with E-state index in [1.165, 1.54) is 10.9 Å². The molecule has 1 aliphatic rings. The lowest BCUT2D eigenvalue weighted by atomic mass is 10.0. The van der Waals surface area contributed by atoms with E-state index in [0.29, 0.717) is 18.3 Å². The van der Waals surface area contributed by atoms with Crippen LogP contribution in [0.1, 0.15) is 31.0 Å². The van der Waals surface area contributed by atoms with Gasteiger partial charge in [-0.15, -0.1) is 0 Å². The summed E-state index contributed by atoms with van der Waals surface area (Å²) in [6, 6.07) is 8.93. The molecular formula is C24H34N6. The average molecular weight is 407 g/mol. The monoisotopic (exact) mass is 406 g/mol. The Hall–Kier alpha value is -3.15. The first-order chi connectivity index (χ1) is 14.5. The van der Waals surface area contributed by atoms with E-state index in [2.05, 4.69) is 69.9 Å². The topological polar surface area (TPSA) is 81.5 Å². The van der Waals surface area contributed by atoms with Crippen molar-refractivity contribution in [2.24, 2.45) is 10.7 Å². The van der Waals surface area contributed by atoms with E-state index >= 15 is 0 Å². The Morgan fingerprint density at radius 1 is 1.37 bits per heavy atom. The summed E-state index contributed by atoms with van der Waals surface area (Å²) in [5.74, 6) is 0.834. The van der Waals surface area contributed by atoms with Gasteiger partial charge in [0.25, 0.3) is 0 Å². The zero-order chi connectivity index (χ0) is 21.5. The second-order valence-corrected chi connectivity index (χ2v) is 7.86. The zero-order valence-electron chi connectivity index (χ0n) is 18.2. The Bertz CT molecular complexity index is 952. The van der Waals surface area contributed by atoms with E-state index in [0.717, 1.165) is 55.2 Å². The van der Waals surface area contributed by atoms with E-state index in [1.807, 2.05) is 13.0 Å². The standard InChI is InChI=1S/C24H34N6/c1-5-26-11-10-23(25)18(3)30-12-6-7-21(16-30)28-19(4)27-15-22-14-20-13-17(2)8-9-24(20)29-22/h8-11,13-14,21,27-29H,3-7,12,15-16,25H2,1-2H3/b23-10-,26-11?. The second-order valence-electron chi connectivity index (χ2n) is 7.86. The van der Waals surface area contributed by atoms with Gasteiger partial charge in [-0.2, -0.15) is 0 Å². The quantitative estimate of drug-likeness (QED) is 0.379. The number of hydrogen-bond donors (Lipinski definition) is 4. The van der Waals surface area contributed by atoms with Crippen LogP contribution in [-0.2, 0) is 6.54 Å². The number of allylic oxidation sites excluding steroid dienone is 1. The number of aromatic nitrogens is 1. The molecule has 0 spiro atoms. The molecule has 2 aromatic rings. The molecule has 1 aliphatic heterocycles. The van der Waals surface area contributed by atoms with E-state index in [1.54, 1.807) is 6.21 Å². The first-order valence-corrected chi connectivity index (χ1v) is 10.6. The molecule has 6 heteroatoms. The normalized spacial score (nSPS) is 17.5. The molecule has 0 amide bonds. The van der Waals surface area contributed by atoms with Crippen LogP contribution < -0.4 is 16.4 Å². The largest absolute Gasteiger partial charge is 0.397 e. The van der Waals surface area contributed by atoms with E-state index in [4.69, 9.17) is 5.73 Å². The summed E-state index contributed by atoms with van der Waals surface area (Å²) in [5, 5.41) is 8.15. The third-order valence-electron chi connectivity index (χ3n) is 5.38. The van der Waals surface area contributed by atoms with Crippen LogP contribution in [0.2, 0.25) is 0 Å². The highest BCUT2D eigenvalue weighted by Crippen LogP contribution is 2.19. The molecule has 1 aromatic carbocycles. The average Bonchev–Trinajstić information content (AvgIpc) is 3.14. The highest BCUT2D eigenvalue weighted by molar-refractivity contribution is 5.81. The Labute approximate surface area is 179 Å². The highest BCUT2D eigenvalue weighted by atomic mass is 15.2. The minimum absolute atomic E-state index is 0.304. The number of nitrogens with two attached hydrogens (primary N) is 1. The minimum atomic E-state index is 0.304. The SMILES string of the molecule is C=C(NCc1cc2cc(C)ccc2[nH]1)NC1CCCN(C(=C)/C(N)=C/C=NCC)C1. The lowest BCUT2D eigenvalue weighted by Crippen LogP contribution is -2.46. The summed E-state index contributed by atoms with van der Waals surface area (Å²) in [6.07, 6.45) is 5.75. The van der Waals surface area contributed by atoms with E-state index < -0.39 is 0 Å². The van der Waals surface area contributed by atoms with Gasteiger partial charge in [0.15, 0.2) is 0 Å². The molecule has 0 bridgehead atoms. The zero-order valence-corrected chi connectivity index (χ0v) is 18.2. The number of hydrogen-bond acceptors (Lipinski definition) is 5. The van der Waals surface area contributed by atoms with Gasteiger partial charge in [-0.3, -0.25) is 4.99 Å². The number of piperidine rings is 1. The molecule has 1 unspecified atom stereocenters. The summed E-state index contributed by atoms with van der Waals surface area (Å²) in [5.41, 5.74) is 11.3. The molecule has 0 radical (unpaired) electrons. The van der Waals surface area contributed by atoms with Crippen molar-refractivity contribution in [3.05, 3.63) is 72.0 Å². The summed E-state index contributed by atoms with van der Waals surface area (Å²) in [7, 11) is 0. The van der Waals surface area contributed by atoms with E-state index in [9.17, 15) is 0 Å². The van der Waals surface area contributed by atoms with Crippen molar-refractivity contribution in [2.45, 2.75) is 39.3 Å². The first-order valence-electron chi connectivity index (χ1n) is 10.6. The van der Waals surface area contributed by atoms with Gasteiger partial charge in [-0.1, -0.05) is 24.8 Å². The molecule has 1 saturated heterocycles. The third-order valence-corrected chi connectivity index (χ3v) is 5.38. The van der Waals surface area contributed by atoms with Gasteiger partial charge in [0.1, 0.15) is 0 Å². The molecule has 0 saturated carbocycles. The smallest absolute Gasteiger partial charge is 0.0918 e. The maximum atomic E-state index is 6.16. The number of rotatable bonds is 9. The predicted molar refractivity (Wildman–Crippen MR) is 127 cm³/mol. The van der Waals surface area contributed by atoms with Crippen molar-refractivity contribution in [3.63, 3.8) is 0 Å². The van der Waals surface area contributed by atoms with Gasteiger partial charge in [0.2, 0.25) is 0 Å². The Kier molecular flexibility index (Phi) is 7.22. The Morgan fingerprint density at radius 3 is 3.00 bits per heavy atom. The molecule has 0 aliphatic carbocycles. The number of aromatic amines is 1. The molecule has 1 fully saturated rings. The van der Waals surface area contributed by atoms with Gasteiger partial charge >= 0.3 is 0 Å². The summed E-state index contributed by atoms with van der Waals surface area (Å²) in [4.78, 5) is 9.87. The van der Waals surface area contributed by atoms with Crippen LogP contribution in [0.15, 0.2) is 65.7 Å². The number of benzene rings is 1. The predicted octanol–water partition coefficient (Wildman–Crippen LogP) is 3.54. The summed E-state index contributed by atoms with van der Waals surface area (Å²) < 4.78 is 0. The van der Waals surface area contributed by atoms with Gasteiger partial charge in [0, 0.05) is 43.1 Å². The number of nitrogens with zero attached hydrogens (tertiary/aromatic N) is 2. The van der Waals surface area contributed by atoms with Crippen LogP contribution >= 0.6 is 0 Å². The van der Waals surface area contributed by atoms with E-state index in [-0.39, 0.29) is 0 Å². The van der Waals surface area contributed by atoms with Crippen molar-refractivity contribution < 1.29 is 0 Å². The third kappa shape index (κ3) is 5.69. The lowest BCUT2D eigenvalue weighted by molar-refractivity contribution is 0.244. The van der Waals surface area contributed by atoms with Crippen molar-refractivity contribution in [3.8, 4) is 0 Å². The van der Waals surface area contributed by atoms with Gasteiger partial charge < -0.3 is 26.3 Å². The molecule has 1 aromatic heterocycles. The highest BCUT2D eigenvalue weighted by Gasteiger charge is 2.21. The molecule has 30 heavy (non-hydrogen) atoms. The second kappa shape index (κ2) is 10.1. The molecule has 1 atom stereocenters.